The summed E-state index contributed by atoms with van der Waals surface area (Å²) in [7, 11) is 2.01. The molecule has 3 aromatic rings. The van der Waals surface area contributed by atoms with Crippen molar-refractivity contribution in [3.05, 3.63) is 76.2 Å². The lowest BCUT2D eigenvalue weighted by Gasteiger charge is -2.24. The number of allylic oxidation sites excluding steroid dienone is 2. The Bertz CT molecular complexity index is 1260. The number of anilines is 1. The zero-order valence-electron chi connectivity index (χ0n) is 19.1. The van der Waals surface area contributed by atoms with Crippen molar-refractivity contribution in [3.8, 4) is 0 Å². The number of carbonyl (C=O) groups excluding carboxylic acids is 1. The average molecular weight is 448 g/mol. The highest BCUT2D eigenvalue weighted by atomic mass is 32.2. The number of likely N-dealkylation sites (N-methyl/N-ethyl adjacent to an activating group) is 1. The third-order valence-electron chi connectivity index (χ3n) is 6.14. The maximum atomic E-state index is 13.0. The monoisotopic (exact) mass is 447 g/mol. The van der Waals surface area contributed by atoms with E-state index in [0.29, 0.717) is 22.6 Å². The third kappa shape index (κ3) is 3.99. The van der Waals surface area contributed by atoms with Crippen LogP contribution in [-0.2, 0) is 16.8 Å². The lowest BCUT2D eigenvalue weighted by Crippen LogP contribution is -2.25. The Morgan fingerprint density at radius 2 is 1.84 bits per heavy atom. The van der Waals surface area contributed by atoms with E-state index >= 15 is 0 Å². The number of rotatable bonds is 7. The van der Waals surface area contributed by atoms with Crippen LogP contribution in [0.25, 0.3) is 10.9 Å². The standard InChI is InChI=1S/C26H29N3O2S/c1-5-6-15-29-24(31)19-11-7-9-13-21(19)27-25(29)32-17-18(30)16-23-26(2,3)20-12-8-10-14-22(20)28(23)4/h7-14,16H,5-6,15,17H2,1-4H3. The largest absolute Gasteiger partial charge is 0.347 e. The van der Waals surface area contributed by atoms with E-state index in [9.17, 15) is 9.59 Å². The summed E-state index contributed by atoms with van der Waals surface area (Å²) in [5.41, 5.74) is 3.73. The SMILES string of the molecule is CCCCn1c(SCC(=O)C=C2N(C)c3ccccc3C2(C)C)nc2ccccc2c1=O. The van der Waals surface area contributed by atoms with Crippen LogP contribution in [0.4, 0.5) is 5.69 Å². The summed E-state index contributed by atoms with van der Waals surface area (Å²) in [6.07, 6.45) is 3.63. The highest BCUT2D eigenvalue weighted by Crippen LogP contribution is 2.46. The van der Waals surface area contributed by atoms with Crippen molar-refractivity contribution in [1.29, 1.82) is 0 Å². The number of carbonyl (C=O) groups is 1. The van der Waals surface area contributed by atoms with Crippen molar-refractivity contribution in [2.45, 2.75) is 50.7 Å². The summed E-state index contributed by atoms with van der Waals surface area (Å²) in [4.78, 5) is 32.8. The van der Waals surface area contributed by atoms with Gasteiger partial charge >= 0.3 is 0 Å². The first-order valence-corrected chi connectivity index (χ1v) is 12.0. The van der Waals surface area contributed by atoms with Gasteiger partial charge in [0.05, 0.1) is 16.7 Å². The fraction of sp³-hybridized carbons (Fsp3) is 0.346. The van der Waals surface area contributed by atoms with E-state index in [1.165, 1.54) is 17.3 Å². The van der Waals surface area contributed by atoms with E-state index in [4.69, 9.17) is 4.98 Å². The smallest absolute Gasteiger partial charge is 0.262 e. The molecule has 0 spiro atoms. The van der Waals surface area contributed by atoms with Gasteiger partial charge in [0.1, 0.15) is 0 Å². The highest BCUT2D eigenvalue weighted by Gasteiger charge is 2.38. The van der Waals surface area contributed by atoms with E-state index < -0.39 is 0 Å². The van der Waals surface area contributed by atoms with Gasteiger partial charge in [-0.3, -0.25) is 14.2 Å². The Labute approximate surface area is 193 Å². The molecule has 4 rings (SSSR count). The zero-order valence-corrected chi connectivity index (χ0v) is 19.9. The van der Waals surface area contributed by atoms with Crippen LogP contribution in [0.5, 0.6) is 0 Å². The van der Waals surface area contributed by atoms with Gasteiger partial charge in [-0.15, -0.1) is 0 Å². The van der Waals surface area contributed by atoms with Gasteiger partial charge in [-0.25, -0.2) is 4.98 Å². The van der Waals surface area contributed by atoms with Crippen LogP contribution in [0.15, 0.2) is 70.3 Å². The first-order chi connectivity index (χ1) is 15.3. The van der Waals surface area contributed by atoms with Gasteiger partial charge in [-0.2, -0.15) is 0 Å². The second kappa shape index (κ2) is 8.94. The highest BCUT2D eigenvalue weighted by molar-refractivity contribution is 7.99. The van der Waals surface area contributed by atoms with Gasteiger partial charge in [0.2, 0.25) is 0 Å². The number of aromatic nitrogens is 2. The maximum absolute atomic E-state index is 13.0. The molecule has 0 radical (unpaired) electrons. The number of ketones is 1. The summed E-state index contributed by atoms with van der Waals surface area (Å²) in [5, 5.41) is 1.23. The van der Waals surface area contributed by atoms with Gasteiger partial charge in [-0.1, -0.05) is 69.3 Å². The predicted molar refractivity (Wildman–Crippen MR) is 133 cm³/mol. The number of hydrogen-bond donors (Lipinski definition) is 0. The zero-order chi connectivity index (χ0) is 22.9. The van der Waals surface area contributed by atoms with Crippen molar-refractivity contribution in [1.82, 2.24) is 9.55 Å². The molecule has 0 saturated carbocycles. The van der Waals surface area contributed by atoms with Crippen LogP contribution in [0, 0.1) is 0 Å². The average Bonchev–Trinajstić information content (AvgIpc) is 2.98. The van der Waals surface area contributed by atoms with Crippen LogP contribution >= 0.6 is 11.8 Å². The van der Waals surface area contributed by atoms with Crippen LogP contribution in [0.2, 0.25) is 0 Å². The van der Waals surface area contributed by atoms with Gasteiger partial charge in [-0.05, 0) is 30.2 Å². The van der Waals surface area contributed by atoms with E-state index in [0.717, 1.165) is 24.2 Å². The molecule has 32 heavy (non-hydrogen) atoms. The number of hydrogen-bond acceptors (Lipinski definition) is 5. The molecule has 0 aliphatic carbocycles. The molecule has 1 aliphatic rings. The molecule has 0 bridgehead atoms. The fourth-order valence-corrected chi connectivity index (χ4v) is 5.21. The molecule has 0 unspecified atom stereocenters. The number of nitrogens with zero attached hydrogens (tertiary/aromatic N) is 3. The molecule has 2 aromatic carbocycles. The molecule has 0 atom stereocenters. The number of para-hydroxylation sites is 2. The second-order valence-corrected chi connectivity index (χ2v) is 9.65. The van der Waals surface area contributed by atoms with Crippen LogP contribution in [0.3, 0.4) is 0 Å². The summed E-state index contributed by atoms with van der Waals surface area (Å²) in [6.45, 7) is 7.00. The van der Waals surface area contributed by atoms with Crippen molar-refractivity contribution < 1.29 is 4.79 Å². The molecule has 1 aliphatic heterocycles. The summed E-state index contributed by atoms with van der Waals surface area (Å²) >= 11 is 1.34. The molecule has 0 fully saturated rings. The first-order valence-electron chi connectivity index (χ1n) is 11.0. The molecule has 166 valence electrons. The molecule has 0 saturated heterocycles. The number of thioether (sulfide) groups is 1. The van der Waals surface area contributed by atoms with Crippen molar-refractivity contribution in [2.24, 2.45) is 0 Å². The summed E-state index contributed by atoms with van der Waals surface area (Å²) in [6, 6.07) is 15.7. The Morgan fingerprint density at radius 3 is 2.59 bits per heavy atom. The van der Waals surface area contributed by atoms with Crippen molar-refractivity contribution in [2.75, 3.05) is 17.7 Å². The minimum Gasteiger partial charge on any atom is -0.347 e. The van der Waals surface area contributed by atoms with Crippen LogP contribution < -0.4 is 10.5 Å². The first kappa shape index (κ1) is 22.3. The second-order valence-electron chi connectivity index (χ2n) is 8.71. The van der Waals surface area contributed by atoms with E-state index in [1.54, 1.807) is 10.6 Å². The lowest BCUT2D eigenvalue weighted by atomic mass is 9.83. The molecule has 0 amide bonds. The fourth-order valence-electron chi connectivity index (χ4n) is 4.36. The van der Waals surface area contributed by atoms with Gasteiger partial charge < -0.3 is 4.90 Å². The van der Waals surface area contributed by atoms with E-state index in [-0.39, 0.29) is 22.5 Å². The molecule has 0 N–H and O–H groups in total. The molecule has 1 aromatic heterocycles. The van der Waals surface area contributed by atoms with Crippen molar-refractivity contribution in [3.63, 3.8) is 0 Å². The predicted octanol–water partition coefficient (Wildman–Crippen LogP) is 5.17. The van der Waals surface area contributed by atoms with Gasteiger partial charge in [0.15, 0.2) is 10.9 Å². The minimum atomic E-state index is -0.240. The maximum Gasteiger partial charge on any atom is 0.262 e. The van der Waals surface area contributed by atoms with Gasteiger partial charge in [0.25, 0.3) is 5.56 Å². The summed E-state index contributed by atoms with van der Waals surface area (Å²) in [5.74, 6) is 0.253. The Balaban J connectivity index is 1.60. The molecule has 5 nitrogen and oxygen atoms in total. The minimum absolute atomic E-state index is 0.0159. The lowest BCUT2D eigenvalue weighted by molar-refractivity contribution is -0.112. The van der Waals surface area contributed by atoms with E-state index in [2.05, 4.69) is 37.8 Å². The Hall–Kier alpha value is -2.86. The topological polar surface area (TPSA) is 55.2 Å². The molecule has 6 heteroatoms. The molecular weight excluding hydrogens is 418 g/mol. The Morgan fingerprint density at radius 1 is 1.12 bits per heavy atom. The number of unbranched alkanes of at least 4 members (excludes halogenated alkanes) is 1. The van der Waals surface area contributed by atoms with Crippen LogP contribution in [-0.4, -0.2) is 28.1 Å². The third-order valence-corrected chi connectivity index (χ3v) is 7.14. The number of benzene rings is 2. The van der Waals surface area contributed by atoms with Crippen LogP contribution in [0.1, 0.15) is 39.2 Å². The quantitative estimate of drug-likeness (QED) is 0.284. The van der Waals surface area contributed by atoms with Gasteiger partial charge in [0, 0.05) is 36.5 Å². The molecular formula is C26H29N3O2S. The molecule has 2 heterocycles. The normalized spacial score (nSPS) is 16.0. The summed E-state index contributed by atoms with van der Waals surface area (Å²) < 4.78 is 1.72. The number of fused-ring (bicyclic) bond motifs is 2. The Kier molecular flexibility index (Phi) is 6.24. The van der Waals surface area contributed by atoms with Crippen molar-refractivity contribution >= 4 is 34.1 Å². The van der Waals surface area contributed by atoms with E-state index in [1.807, 2.05) is 43.4 Å².